The van der Waals surface area contributed by atoms with Gasteiger partial charge in [0.2, 0.25) is 15.9 Å². The minimum atomic E-state index is -3.98. The first-order chi connectivity index (χ1) is 15.8. The average molecular weight is 471 g/mol. The molecule has 0 aliphatic rings. The second kappa shape index (κ2) is 9.33. The molecule has 11 heteroatoms. The van der Waals surface area contributed by atoms with Crippen LogP contribution in [-0.4, -0.2) is 29.3 Å². The maximum atomic E-state index is 14.9. The number of amides is 1. The molecule has 1 aromatic carbocycles. The predicted octanol–water partition coefficient (Wildman–Crippen LogP) is 3.04. The average Bonchev–Trinajstić information content (AvgIpc) is 3.25. The van der Waals surface area contributed by atoms with Gasteiger partial charge >= 0.3 is 0 Å². The molecule has 8 nitrogen and oxygen atoms in total. The van der Waals surface area contributed by atoms with E-state index in [9.17, 15) is 22.0 Å². The molecule has 0 bridgehead atoms. The van der Waals surface area contributed by atoms with Gasteiger partial charge in [0.05, 0.1) is 41.8 Å². The number of nitrogens with one attached hydrogen (secondary N) is 3. The van der Waals surface area contributed by atoms with Gasteiger partial charge in [0.15, 0.2) is 5.82 Å². The summed E-state index contributed by atoms with van der Waals surface area (Å²) in [6.45, 7) is 0.0709. The van der Waals surface area contributed by atoms with E-state index in [4.69, 9.17) is 0 Å². The Morgan fingerprint density at radius 2 is 1.88 bits per heavy atom. The molecule has 0 aliphatic carbocycles. The molecule has 0 aliphatic heterocycles. The van der Waals surface area contributed by atoms with E-state index in [-0.39, 0.29) is 6.54 Å². The maximum Gasteiger partial charge on any atom is 0.237 e. The number of H-pyrrole nitrogens is 1. The van der Waals surface area contributed by atoms with Crippen LogP contribution >= 0.6 is 0 Å². The molecule has 4 rings (SSSR count). The number of aromatic amines is 1. The fourth-order valence-electron chi connectivity index (χ4n) is 3.25. The number of aromatic nitrogens is 3. The first kappa shape index (κ1) is 22.3. The lowest BCUT2D eigenvalue weighted by Gasteiger charge is -2.12. The zero-order valence-electron chi connectivity index (χ0n) is 17.2. The number of sulfonamides is 1. The number of halogens is 2. The quantitative estimate of drug-likeness (QED) is 0.365. The minimum absolute atomic E-state index is 0.0709. The van der Waals surface area contributed by atoms with E-state index in [1.807, 2.05) is 6.07 Å². The Kier molecular flexibility index (Phi) is 6.31. The summed E-state index contributed by atoms with van der Waals surface area (Å²) in [5.41, 5.74) is 0.899. The third-order valence-electron chi connectivity index (χ3n) is 4.86. The van der Waals surface area contributed by atoms with Crippen molar-refractivity contribution >= 4 is 32.5 Å². The fourth-order valence-corrected chi connectivity index (χ4v) is 4.44. The molecule has 0 radical (unpaired) electrons. The summed E-state index contributed by atoms with van der Waals surface area (Å²) in [4.78, 5) is 23.3. The number of carbonyl (C=O) groups excluding carboxylic acids is 1. The molecule has 4 aromatic rings. The number of rotatable bonds is 8. The van der Waals surface area contributed by atoms with Gasteiger partial charge < -0.3 is 10.3 Å². The number of fused-ring (bicyclic) bond motifs is 1. The standard InChI is InChI=1S/C22H19F2N5O3S/c23-18-1-2-19(29-33(31,32)13-14-3-6-25-7-4-14)22(24)17(18)10-21(30)28-11-16-9-15-5-8-26-20(15)12-27-16/h1-9,12,26,29H,10-11,13H2,(H,28,30). The first-order valence-corrected chi connectivity index (χ1v) is 11.5. The van der Waals surface area contributed by atoms with Crippen molar-refractivity contribution in [2.75, 3.05) is 4.72 Å². The van der Waals surface area contributed by atoms with E-state index in [1.165, 1.54) is 24.5 Å². The van der Waals surface area contributed by atoms with Gasteiger partial charge in [-0.3, -0.25) is 19.5 Å². The summed E-state index contributed by atoms with van der Waals surface area (Å²) in [5.74, 6) is -3.15. The van der Waals surface area contributed by atoms with Gasteiger partial charge in [-0.25, -0.2) is 17.2 Å². The lowest BCUT2D eigenvalue weighted by Crippen LogP contribution is -2.26. The molecular formula is C22H19F2N5O3S. The highest BCUT2D eigenvalue weighted by atomic mass is 32.2. The molecule has 0 fully saturated rings. The maximum absolute atomic E-state index is 14.9. The zero-order valence-corrected chi connectivity index (χ0v) is 18.0. The Morgan fingerprint density at radius 3 is 2.67 bits per heavy atom. The van der Waals surface area contributed by atoms with Crippen molar-refractivity contribution in [3.63, 3.8) is 0 Å². The van der Waals surface area contributed by atoms with Gasteiger partial charge in [0.25, 0.3) is 0 Å². The molecule has 170 valence electrons. The Balaban J connectivity index is 1.44. The van der Waals surface area contributed by atoms with Crippen LogP contribution in [0.25, 0.3) is 10.9 Å². The van der Waals surface area contributed by atoms with Crippen molar-refractivity contribution in [2.24, 2.45) is 0 Å². The van der Waals surface area contributed by atoms with Gasteiger partial charge in [-0.1, -0.05) is 0 Å². The van der Waals surface area contributed by atoms with Crippen LogP contribution < -0.4 is 10.0 Å². The van der Waals surface area contributed by atoms with E-state index in [0.717, 1.165) is 23.0 Å². The van der Waals surface area contributed by atoms with E-state index in [0.29, 0.717) is 11.3 Å². The lowest BCUT2D eigenvalue weighted by atomic mass is 10.1. The largest absolute Gasteiger partial charge is 0.360 e. The molecule has 0 unspecified atom stereocenters. The van der Waals surface area contributed by atoms with Crippen LogP contribution in [0, 0.1) is 11.6 Å². The van der Waals surface area contributed by atoms with Crippen LogP contribution in [0.5, 0.6) is 0 Å². The summed E-state index contributed by atoms with van der Waals surface area (Å²) >= 11 is 0. The highest BCUT2D eigenvalue weighted by Gasteiger charge is 2.20. The van der Waals surface area contributed by atoms with Crippen LogP contribution in [0.15, 0.2) is 61.2 Å². The number of hydrogen-bond acceptors (Lipinski definition) is 5. The van der Waals surface area contributed by atoms with Gasteiger partial charge in [-0.15, -0.1) is 0 Å². The van der Waals surface area contributed by atoms with Crippen LogP contribution in [-0.2, 0) is 33.5 Å². The minimum Gasteiger partial charge on any atom is -0.360 e. The smallest absolute Gasteiger partial charge is 0.237 e. The number of pyridine rings is 2. The van der Waals surface area contributed by atoms with Crippen molar-refractivity contribution in [1.82, 2.24) is 20.3 Å². The van der Waals surface area contributed by atoms with Crippen LogP contribution in [0.4, 0.5) is 14.5 Å². The molecule has 3 aromatic heterocycles. The molecule has 0 spiro atoms. The number of nitrogens with zero attached hydrogens (tertiary/aromatic N) is 2. The molecule has 3 heterocycles. The molecule has 0 saturated heterocycles. The SMILES string of the molecule is O=C(Cc1c(F)ccc(NS(=O)(=O)Cc2ccncc2)c1F)NCc1cc2cc[nH]c2cn1. The van der Waals surface area contributed by atoms with Gasteiger partial charge in [-0.2, -0.15) is 0 Å². The van der Waals surface area contributed by atoms with Crippen LogP contribution in [0.1, 0.15) is 16.8 Å². The Hall–Kier alpha value is -3.86. The number of benzene rings is 1. The lowest BCUT2D eigenvalue weighted by molar-refractivity contribution is -0.120. The number of carbonyl (C=O) groups is 1. The summed E-state index contributed by atoms with van der Waals surface area (Å²) in [6.07, 6.45) is 5.65. The first-order valence-electron chi connectivity index (χ1n) is 9.86. The monoisotopic (exact) mass is 471 g/mol. The van der Waals surface area contributed by atoms with Gasteiger partial charge in [0, 0.05) is 29.5 Å². The third-order valence-corrected chi connectivity index (χ3v) is 6.10. The summed E-state index contributed by atoms with van der Waals surface area (Å²) in [7, 11) is -3.98. The van der Waals surface area contributed by atoms with E-state index in [2.05, 4.69) is 25.0 Å². The van der Waals surface area contributed by atoms with Crippen molar-refractivity contribution in [3.8, 4) is 0 Å². The van der Waals surface area contributed by atoms with Crippen molar-refractivity contribution in [2.45, 2.75) is 18.7 Å². The molecule has 3 N–H and O–H groups in total. The molecule has 33 heavy (non-hydrogen) atoms. The van der Waals surface area contributed by atoms with Gasteiger partial charge in [-0.05, 0) is 42.0 Å². The van der Waals surface area contributed by atoms with Crippen molar-refractivity contribution in [1.29, 1.82) is 0 Å². The Labute approximate surface area is 188 Å². The number of anilines is 1. The Morgan fingerprint density at radius 1 is 1.09 bits per heavy atom. The van der Waals surface area contributed by atoms with Crippen LogP contribution in [0.2, 0.25) is 0 Å². The van der Waals surface area contributed by atoms with Crippen molar-refractivity contribution < 1.29 is 22.0 Å². The summed E-state index contributed by atoms with van der Waals surface area (Å²) in [6, 6.07) is 8.56. The second-order valence-electron chi connectivity index (χ2n) is 7.30. The molecule has 0 atom stereocenters. The molecule has 1 amide bonds. The highest BCUT2D eigenvalue weighted by molar-refractivity contribution is 7.91. The van der Waals surface area contributed by atoms with Crippen LogP contribution in [0.3, 0.4) is 0 Å². The fraction of sp³-hybridized carbons (Fsp3) is 0.136. The topological polar surface area (TPSA) is 117 Å². The second-order valence-corrected chi connectivity index (χ2v) is 9.02. The zero-order chi connectivity index (χ0) is 23.4. The summed E-state index contributed by atoms with van der Waals surface area (Å²) in [5, 5.41) is 3.48. The number of hydrogen-bond donors (Lipinski definition) is 3. The van der Waals surface area contributed by atoms with Gasteiger partial charge in [0.1, 0.15) is 5.82 Å². The summed E-state index contributed by atoms with van der Waals surface area (Å²) < 4.78 is 56.0. The van der Waals surface area contributed by atoms with E-state index < -0.39 is 51.0 Å². The van der Waals surface area contributed by atoms with E-state index in [1.54, 1.807) is 18.5 Å². The molecular weight excluding hydrogens is 452 g/mol. The third kappa shape index (κ3) is 5.50. The highest BCUT2D eigenvalue weighted by Crippen LogP contribution is 2.23. The van der Waals surface area contributed by atoms with E-state index >= 15 is 0 Å². The molecule has 0 saturated carbocycles. The van der Waals surface area contributed by atoms with Crippen molar-refractivity contribution in [3.05, 3.63) is 89.6 Å². The normalized spacial score (nSPS) is 11.5. The Bertz CT molecular complexity index is 1410. The predicted molar refractivity (Wildman–Crippen MR) is 118 cm³/mol.